The molecule has 2 aromatic rings. The van der Waals surface area contributed by atoms with Crippen molar-refractivity contribution < 1.29 is 14.0 Å². The van der Waals surface area contributed by atoms with Crippen molar-refractivity contribution in [2.24, 2.45) is 5.92 Å². The van der Waals surface area contributed by atoms with Crippen LogP contribution in [0.15, 0.2) is 48.7 Å². The maximum Gasteiger partial charge on any atom is 0.251 e. The van der Waals surface area contributed by atoms with E-state index in [1.54, 1.807) is 18.1 Å². The van der Waals surface area contributed by atoms with Gasteiger partial charge in [-0.25, -0.2) is 4.39 Å². The molecule has 26 heavy (non-hydrogen) atoms. The number of carbonyl (C=O) groups is 2. The molecular weight excluding hydrogens is 333 g/mol. The van der Waals surface area contributed by atoms with Crippen molar-refractivity contribution in [1.29, 1.82) is 0 Å². The summed E-state index contributed by atoms with van der Waals surface area (Å²) < 4.78 is 12.9. The van der Waals surface area contributed by atoms with Gasteiger partial charge in [-0.15, -0.1) is 0 Å². The van der Waals surface area contributed by atoms with Gasteiger partial charge in [0, 0.05) is 31.8 Å². The fraction of sp³-hybridized carbons (Fsp3) is 0.350. The van der Waals surface area contributed by atoms with E-state index in [1.807, 2.05) is 18.2 Å². The van der Waals surface area contributed by atoms with Gasteiger partial charge in [0.05, 0.1) is 11.7 Å². The molecular formula is C20H22FN3O2. The largest absolute Gasteiger partial charge is 0.352 e. The van der Waals surface area contributed by atoms with Gasteiger partial charge in [-0.3, -0.25) is 14.6 Å². The van der Waals surface area contributed by atoms with Crippen LogP contribution in [-0.4, -0.2) is 35.3 Å². The minimum Gasteiger partial charge on any atom is -0.352 e. The van der Waals surface area contributed by atoms with Crippen molar-refractivity contribution in [1.82, 2.24) is 15.2 Å². The quantitative estimate of drug-likeness (QED) is 0.831. The summed E-state index contributed by atoms with van der Waals surface area (Å²) in [5.74, 6) is -0.289. The van der Waals surface area contributed by atoms with Crippen LogP contribution in [0.2, 0.25) is 0 Å². The first-order valence-electron chi connectivity index (χ1n) is 8.76. The first kappa shape index (κ1) is 18.0. The van der Waals surface area contributed by atoms with Crippen LogP contribution in [0, 0.1) is 11.7 Å². The Morgan fingerprint density at radius 2 is 1.96 bits per heavy atom. The molecule has 1 aromatic heterocycles. The van der Waals surface area contributed by atoms with E-state index >= 15 is 0 Å². The first-order valence-corrected chi connectivity index (χ1v) is 8.76. The zero-order chi connectivity index (χ0) is 18.5. The second-order valence-corrected chi connectivity index (χ2v) is 6.55. The number of amides is 2. The summed E-state index contributed by atoms with van der Waals surface area (Å²) in [7, 11) is 1.79. The molecule has 1 unspecified atom stereocenters. The van der Waals surface area contributed by atoms with Crippen LogP contribution in [0.3, 0.4) is 0 Å². The SMILES string of the molecule is CN(C(=O)CCNC(=O)c1ccc(F)cc1)C(c1ccccn1)C1CC1. The monoisotopic (exact) mass is 355 g/mol. The highest BCUT2D eigenvalue weighted by Gasteiger charge is 2.37. The van der Waals surface area contributed by atoms with Crippen molar-refractivity contribution in [3.05, 3.63) is 65.7 Å². The van der Waals surface area contributed by atoms with Crippen LogP contribution in [0.25, 0.3) is 0 Å². The summed E-state index contributed by atoms with van der Waals surface area (Å²) in [6, 6.07) is 11.0. The maximum absolute atomic E-state index is 12.9. The van der Waals surface area contributed by atoms with E-state index in [-0.39, 0.29) is 36.6 Å². The number of halogens is 1. The number of nitrogens with zero attached hydrogens (tertiary/aromatic N) is 2. The summed E-state index contributed by atoms with van der Waals surface area (Å²) in [4.78, 5) is 30.7. The zero-order valence-corrected chi connectivity index (χ0v) is 14.7. The minimum absolute atomic E-state index is 0.0171. The molecule has 5 nitrogen and oxygen atoms in total. The van der Waals surface area contributed by atoms with E-state index in [1.165, 1.54) is 24.3 Å². The molecule has 0 aliphatic heterocycles. The molecule has 0 bridgehead atoms. The van der Waals surface area contributed by atoms with E-state index in [2.05, 4.69) is 10.3 Å². The second kappa shape index (κ2) is 8.08. The second-order valence-electron chi connectivity index (χ2n) is 6.55. The van der Waals surface area contributed by atoms with E-state index < -0.39 is 0 Å². The predicted octanol–water partition coefficient (Wildman–Crippen LogP) is 2.95. The number of benzene rings is 1. The molecule has 1 atom stereocenters. The van der Waals surface area contributed by atoms with Crippen LogP contribution in [0.5, 0.6) is 0 Å². The number of aromatic nitrogens is 1. The Kier molecular flexibility index (Phi) is 5.61. The minimum atomic E-state index is -0.390. The van der Waals surface area contributed by atoms with Crippen LogP contribution in [0.1, 0.15) is 41.4 Å². The van der Waals surface area contributed by atoms with Gasteiger partial charge in [-0.2, -0.15) is 0 Å². The Balaban J connectivity index is 1.53. The van der Waals surface area contributed by atoms with Crippen molar-refractivity contribution in [3.8, 4) is 0 Å². The molecule has 1 N–H and O–H groups in total. The van der Waals surface area contributed by atoms with Gasteiger partial charge in [-0.05, 0) is 55.2 Å². The zero-order valence-electron chi connectivity index (χ0n) is 14.7. The Bertz CT molecular complexity index is 760. The lowest BCUT2D eigenvalue weighted by Crippen LogP contribution is -2.35. The van der Waals surface area contributed by atoms with Gasteiger partial charge in [0.25, 0.3) is 5.91 Å². The number of hydrogen-bond donors (Lipinski definition) is 1. The first-order chi connectivity index (χ1) is 12.6. The van der Waals surface area contributed by atoms with Gasteiger partial charge < -0.3 is 10.2 Å². The van der Waals surface area contributed by atoms with Gasteiger partial charge in [0.15, 0.2) is 0 Å². The number of rotatable bonds is 7. The predicted molar refractivity (Wildman–Crippen MR) is 95.8 cm³/mol. The van der Waals surface area contributed by atoms with Crippen molar-refractivity contribution in [3.63, 3.8) is 0 Å². The molecule has 1 aromatic carbocycles. The summed E-state index contributed by atoms with van der Waals surface area (Å²) >= 11 is 0. The molecule has 1 heterocycles. The molecule has 136 valence electrons. The average Bonchev–Trinajstić information content (AvgIpc) is 3.48. The highest BCUT2D eigenvalue weighted by atomic mass is 19.1. The number of nitrogens with one attached hydrogen (secondary N) is 1. The molecule has 2 amide bonds. The smallest absolute Gasteiger partial charge is 0.251 e. The maximum atomic E-state index is 12.9. The molecule has 6 heteroatoms. The third-order valence-electron chi connectivity index (χ3n) is 4.60. The normalized spacial score (nSPS) is 14.5. The summed E-state index contributed by atoms with van der Waals surface area (Å²) in [5, 5.41) is 2.70. The Morgan fingerprint density at radius 3 is 2.58 bits per heavy atom. The Morgan fingerprint density at radius 1 is 1.23 bits per heavy atom. The third-order valence-corrected chi connectivity index (χ3v) is 4.60. The highest BCUT2D eigenvalue weighted by Crippen LogP contribution is 2.43. The van der Waals surface area contributed by atoms with Crippen LogP contribution in [0.4, 0.5) is 4.39 Å². The molecule has 0 saturated heterocycles. The Labute approximate surface area is 152 Å². The van der Waals surface area contributed by atoms with E-state index in [4.69, 9.17) is 0 Å². The summed E-state index contributed by atoms with van der Waals surface area (Å²) in [5.41, 5.74) is 1.28. The van der Waals surface area contributed by atoms with E-state index in [0.29, 0.717) is 11.5 Å². The third kappa shape index (κ3) is 4.45. The number of hydrogen-bond acceptors (Lipinski definition) is 3. The fourth-order valence-electron chi connectivity index (χ4n) is 3.04. The molecule has 1 saturated carbocycles. The van der Waals surface area contributed by atoms with E-state index in [0.717, 1.165) is 18.5 Å². The number of pyridine rings is 1. The molecule has 3 rings (SSSR count). The standard InChI is InChI=1S/C20H22FN3O2/c1-24(19(14-5-6-14)17-4-2-3-12-22-17)18(25)11-13-23-20(26)15-7-9-16(21)10-8-15/h2-4,7-10,12,14,19H,5-6,11,13H2,1H3,(H,23,26). The van der Waals surface area contributed by atoms with Gasteiger partial charge >= 0.3 is 0 Å². The van der Waals surface area contributed by atoms with Crippen molar-refractivity contribution in [2.75, 3.05) is 13.6 Å². The summed E-state index contributed by atoms with van der Waals surface area (Å²) in [6.07, 6.45) is 4.14. The lowest BCUT2D eigenvalue weighted by Gasteiger charge is -2.28. The molecule has 1 fully saturated rings. The van der Waals surface area contributed by atoms with Crippen molar-refractivity contribution >= 4 is 11.8 Å². The highest BCUT2D eigenvalue weighted by molar-refractivity contribution is 5.94. The van der Waals surface area contributed by atoms with E-state index in [9.17, 15) is 14.0 Å². The molecule has 1 aliphatic rings. The van der Waals surface area contributed by atoms with Gasteiger partial charge in [0.1, 0.15) is 5.82 Å². The summed E-state index contributed by atoms with van der Waals surface area (Å²) in [6.45, 7) is 0.235. The fourth-order valence-corrected chi connectivity index (χ4v) is 3.04. The average molecular weight is 355 g/mol. The lowest BCUT2D eigenvalue weighted by molar-refractivity contribution is -0.132. The number of carbonyl (C=O) groups excluding carboxylic acids is 2. The van der Waals surface area contributed by atoms with Crippen molar-refractivity contribution in [2.45, 2.75) is 25.3 Å². The van der Waals surface area contributed by atoms with Crippen LogP contribution in [-0.2, 0) is 4.79 Å². The molecule has 0 radical (unpaired) electrons. The molecule has 1 aliphatic carbocycles. The lowest BCUT2D eigenvalue weighted by atomic mass is 10.1. The van der Waals surface area contributed by atoms with Crippen LogP contribution < -0.4 is 5.32 Å². The van der Waals surface area contributed by atoms with Gasteiger partial charge in [-0.1, -0.05) is 6.07 Å². The van der Waals surface area contributed by atoms with Gasteiger partial charge in [0.2, 0.25) is 5.91 Å². The Hall–Kier alpha value is -2.76. The van der Waals surface area contributed by atoms with Crippen LogP contribution >= 0.6 is 0 Å². The molecule has 0 spiro atoms. The topological polar surface area (TPSA) is 62.3 Å².